The molecule has 1 heterocycles. The Morgan fingerprint density at radius 3 is 2.47 bits per heavy atom. The number of anilines is 1. The summed E-state index contributed by atoms with van der Waals surface area (Å²) in [5, 5.41) is 3.11. The molecule has 0 unspecified atom stereocenters. The van der Waals surface area contributed by atoms with E-state index in [0.717, 1.165) is 23.7 Å². The highest BCUT2D eigenvalue weighted by Gasteiger charge is 2.15. The number of benzene rings is 2. The van der Waals surface area contributed by atoms with Crippen molar-refractivity contribution in [2.45, 2.75) is 32.9 Å². The van der Waals surface area contributed by atoms with Gasteiger partial charge in [-0.1, -0.05) is 31.2 Å². The van der Waals surface area contributed by atoms with Crippen LogP contribution in [0.5, 0.6) is 11.5 Å². The fraction of sp³-hybridized carbons (Fsp3) is 0.435. The lowest BCUT2D eigenvalue weighted by molar-refractivity contribution is 0.185. The first-order chi connectivity index (χ1) is 14.1. The Morgan fingerprint density at radius 1 is 1.07 bits per heavy atom. The SMILES string of the molecule is COc1ccc(NC(N)=NCc2cccc(CN3CCC(C)CC3)c2)cc1OC.I. The standard InChI is InChI=1S/C23H32N4O2.HI/c1-17-9-11-27(12-10-17)16-19-6-4-5-18(13-19)15-25-23(24)26-20-7-8-21(28-2)22(14-20)29-3;/h4-8,13-14,17H,9-12,15-16H2,1-3H3,(H3,24,25,26);1H. The van der Waals surface area contributed by atoms with Crippen LogP contribution in [-0.2, 0) is 13.1 Å². The average molecular weight is 524 g/mol. The number of halogens is 1. The van der Waals surface area contributed by atoms with Crippen molar-refractivity contribution in [3.05, 3.63) is 53.6 Å². The first kappa shape index (κ1) is 24.3. The molecular weight excluding hydrogens is 491 g/mol. The normalized spacial score (nSPS) is 15.4. The zero-order valence-corrected chi connectivity index (χ0v) is 20.4. The minimum absolute atomic E-state index is 0. The molecule has 0 radical (unpaired) electrons. The lowest BCUT2D eigenvalue weighted by Crippen LogP contribution is -2.32. The van der Waals surface area contributed by atoms with E-state index in [-0.39, 0.29) is 24.0 Å². The number of hydrogen-bond donors (Lipinski definition) is 2. The quantitative estimate of drug-likeness (QED) is 0.318. The van der Waals surface area contributed by atoms with Crippen LogP contribution in [0.25, 0.3) is 0 Å². The third kappa shape index (κ3) is 7.05. The Bertz CT molecular complexity index is 836. The molecule has 6 nitrogen and oxygen atoms in total. The average Bonchev–Trinajstić information content (AvgIpc) is 2.74. The van der Waals surface area contributed by atoms with Crippen molar-refractivity contribution >= 4 is 35.6 Å². The maximum absolute atomic E-state index is 6.07. The van der Waals surface area contributed by atoms with Crippen LogP contribution in [-0.4, -0.2) is 38.2 Å². The number of ether oxygens (including phenoxy) is 2. The molecule has 2 aromatic rings. The summed E-state index contributed by atoms with van der Waals surface area (Å²) in [6.45, 7) is 6.26. The number of nitrogens with one attached hydrogen (secondary N) is 1. The molecule has 0 saturated carbocycles. The summed E-state index contributed by atoms with van der Waals surface area (Å²) in [6, 6.07) is 14.2. The number of methoxy groups -OCH3 is 2. The lowest BCUT2D eigenvalue weighted by atomic mass is 9.98. The molecular formula is C23H33IN4O2. The van der Waals surface area contributed by atoms with E-state index in [4.69, 9.17) is 15.2 Å². The van der Waals surface area contributed by atoms with E-state index in [2.05, 4.69) is 46.4 Å². The summed E-state index contributed by atoms with van der Waals surface area (Å²) >= 11 is 0. The van der Waals surface area contributed by atoms with E-state index >= 15 is 0 Å². The molecule has 7 heteroatoms. The van der Waals surface area contributed by atoms with Crippen LogP contribution < -0.4 is 20.5 Å². The van der Waals surface area contributed by atoms with Crippen molar-refractivity contribution in [1.29, 1.82) is 0 Å². The summed E-state index contributed by atoms with van der Waals surface area (Å²) in [6.07, 6.45) is 2.59. The molecule has 0 bridgehead atoms. The van der Waals surface area contributed by atoms with Gasteiger partial charge < -0.3 is 20.5 Å². The Hall–Kier alpha value is -2.00. The second-order valence-electron chi connectivity index (χ2n) is 7.67. The van der Waals surface area contributed by atoms with Crippen LogP contribution in [0.4, 0.5) is 5.69 Å². The van der Waals surface area contributed by atoms with Gasteiger partial charge in [-0.2, -0.15) is 0 Å². The predicted octanol–water partition coefficient (Wildman–Crippen LogP) is 4.48. The molecule has 0 amide bonds. The van der Waals surface area contributed by atoms with E-state index < -0.39 is 0 Å². The van der Waals surface area contributed by atoms with Gasteiger partial charge in [0.25, 0.3) is 0 Å². The molecule has 0 atom stereocenters. The number of piperidine rings is 1. The van der Waals surface area contributed by atoms with Crippen molar-refractivity contribution in [2.24, 2.45) is 16.6 Å². The molecule has 0 aliphatic carbocycles. The molecule has 3 rings (SSSR count). The number of nitrogens with zero attached hydrogens (tertiary/aromatic N) is 2. The topological polar surface area (TPSA) is 72.1 Å². The second kappa shape index (κ2) is 12.0. The van der Waals surface area contributed by atoms with Crippen LogP contribution in [0.1, 0.15) is 30.9 Å². The van der Waals surface area contributed by atoms with Gasteiger partial charge in [0.05, 0.1) is 20.8 Å². The Kier molecular flexibility index (Phi) is 9.71. The molecule has 2 aromatic carbocycles. The number of rotatable bonds is 7. The van der Waals surface area contributed by atoms with Gasteiger partial charge in [-0.25, -0.2) is 4.99 Å². The smallest absolute Gasteiger partial charge is 0.193 e. The van der Waals surface area contributed by atoms with Gasteiger partial charge in [-0.3, -0.25) is 4.90 Å². The third-order valence-corrected chi connectivity index (χ3v) is 5.36. The van der Waals surface area contributed by atoms with Crippen LogP contribution >= 0.6 is 24.0 Å². The van der Waals surface area contributed by atoms with Crippen molar-refractivity contribution in [3.8, 4) is 11.5 Å². The van der Waals surface area contributed by atoms with E-state index in [1.807, 2.05) is 18.2 Å². The molecule has 30 heavy (non-hydrogen) atoms. The van der Waals surface area contributed by atoms with Crippen molar-refractivity contribution in [3.63, 3.8) is 0 Å². The first-order valence-electron chi connectivity index (χ1n) is 10.2. The number of likely N-dealkylation sites (tertiary alicyclic amines) is 1. The van der Waals surface area contributed by atoms with Crippen LogP contribution in [0, 0.1) is 5.92 Å². The maximum Gasteiger partial charge on any atom is 0.193 e. The molecule has 1 aliphatic rings. The Labute approximate surface area is 196 Å². The third-order valence-electron chi connectivity index (χ3n) is 5.36. The van der Waals surface area contributed by atoms with Gasteiger partial charge in [0, 0.05) is 18.3 Å². The minimum Gasteiger partial charge on any atom is -0.493 e. The van der Waals surface area contributed by atoms with E-state index in [1.165, 1.54) is 31.5 Å². The molecule has 0 aromatic heterocycles. The van der Waals surface area contributed by atoms with Crippen LogP contribution in [0.15, 0.2) is 47.5 Å². The van der Waals surface area contributed by atoms with Gasteiger partial charge >= 0.3 is 0 Å². The van der Waals surface area contributed by atoms with E-state index in [1.54, 1.807) is 14.2 Å². The first-order valence-corrected chi connectivity index (χ1v) is 10.2. The Morgan fingerprint density at radius 2 is 1.77 bits per heavy atom. The zero-order chi connectivity index (χ0) is 20.6. The van der Waals surface area contributed by atoms with E-state index in [9.17, 15) is 0 Å². The largest absolute Gasteiger partial charge is 0.493 e. The van der Waals surface area contributed by atoms with Gasteiger partial charge in [0.15, 0.2) is 17.5 Å². The molecule has 1 aliphatic heterocycles. The van der Waals surface area contributed by atoms with Crippen LogP contribution in [0.3, 0.4) is 0 Å². The number of nitrogens with two attached hydrogens (primary N) is 1. The molecule has 3 N–H and O–H groups in total. The lowest BCUT2D eigenvalue weighted by Gasteiger charge is -2.30. The highest BCUT2D eigenvalue weighted by atomic mass is 127. The van der Waals surface area contributed by atoms with Gasteiger partial charge in [0.2, 0.25) is 0 Å². The summed E-state index contributed by atoms with van der Waals surface area (Å²) in [5.41, 5.74) is 9.37. The summed E-state index contributed by atoms with van der Waals surface area (Å²) in [7, 11) is 3.22. The number of hydrogen-bond acceptors (Lipinski definition) is 4. The monoisotopic (exact) mass is 524 g/mol. The van der Waals surface area contributed by atoms with Gasteiger partial charge in [0.1, 0.15) is 0 Å². The minimum atomic E-state index is 0. The van der Waals surface area contributed by atoms with Crippen molar-refractivity contribution in [2.75, 3.05) is 32.6 Å². The van der Waals surface area contributed by atoms with Crippen molar-refractivity contribution < 1.29 is 9.47 Å². The van der Waals surface area contributed by atoms with Gasteiger partial charge in [-0.05, 0) is 55.1 Å². The van der Waals surface area contributed by atoms with Gasteiger partial charge in [-0.15, -0.1) is 24.0 Å². The molecule has 0 spiro atoms. The molecule has 164 valence electrons. The number of aliphatic imine (C=N–C) groups is 1. The highest BCUT2D eigenvalue weighted by molar-refractivity contribution is 14.0. The molecule has 1 saturated heterocycles. The molecule has 1 fully saturated rings. The number of guanidine groups is 1. The van der Waals surface area contributed by atoms with Crippen molar-refractivity contribution in [1.82, 2.24) is 4.90 Å². The zero-order valence-electron chi connectivity index (χ0n) is 18.1. The van der Waals surface area contributed by atoms with Crippen LogP contribution in [0.2, 0.25) is 0 Å². The Balaban J connectivity index is 0.00000320. The fourth-order valence-corrected chi connectivity index (χ4v) is 3.58. The predicted molar refractivity (Wildman–Crippen MR) is 134 cm³/mol. The second-order valence-corrected chi connectivity index (χ2v) is 7.67. The summed E-state index contributed by atoms with van der Waals surface area (Å²) in [5.74, 6) is 2.54. The summed E-state index contributed by atoms with van der Waals surface area (Å²) in [4.78, 5) is 7.02. The summed E-state index contributed by atoms with van der Waals surface area (Å²) < 4.78 is 10.6. The maximum atomic E-state index is 6.07. The highest BCUT2D eigenvalue weighted by Crippen LogP contribution is 2.29. The fourth-order valence-electron chi connectivity index (χ4n) is 3.58. The van der Waals surface area contributed by atoms with E-state index in [0.29, 0.717) is 24.0 Å².